The second kappa shape index (κ2) is 6.94. The summed E-state index contributed by atoms with van der Waals surface area (Å²) in [5.41, 5.74) is 5.98. The summed E-state index contributed by atoms with van der Waals surface area (Å²) in [4.78, 5) is 12.0. The third-order valence-corrected chi connectivity index (χ3v) is 5.38. The molecule has 0 heterocycles. The van der Waals surface area contributed by atoms with Gasteiger partial charge in [0.15, 0.2) is 0 Å². The molecule has 2 aliphatic rings. The van der Waals surface area contributed by atoms with Gasteiger partial charge in [0.1, 0.15) is 0 Å². The number of halogens is 1. The first-order valence-electron chi connectivity index (χ1n) is 7.62. The number of rotatable bonds is 6. The molecule has 0 aromatic heterocycles. The van der Waals surface area contributed by atoms with Gasteiger partial charge in [0.05, 0.1) is 0 Å². The normalized spacial score (nSPS) is 29.1. The number of fused-ring (bicyclic) bond motifs is 2. The van der Waals surface area contributed by atoms with E-state index in [-0.39, 0.29) is 23.9 Å². The van der Waals surface area contributed by atoms with Crippen molar-refractivity contribution in [3.05, 3.63) is 0 Å². The van der Waals surface area contributed by atoms with Gasteiger partial charge < -0.3 is 11.1 Å². The van der Waals surface area contributed by atoms with Crippen LogP contribution < -0.4 is 11.1 Å². The molecule has 0 saturated heterocycles. The third kappa shape index (κ3) is 4.09. The van der Waals surface area contributed by atoms with E-state index in [9.17, 15) is 4.79 Å². The van der Waals surface area contributed by atoms with E-state index in [1.54, 1.807) is 0 Å². The lowest BCUT2D eigenvalue weighted by Gasteiger charge is -2.27. The van der Waals surface area contributed by atoms with Crippen molar-refractivity contribution in [2.45, 2.75) is 64.3 Å². The Morgan fingerprint density at radius 2 is 1.95 bits per heavy atom. The highest BCUT2D eigenvalue weighted by molar-refractivity contribution is 5.85. The molecule has 4 heteroatoms. The molecule has 3 atom stereocenters. The van der Waals surface area contributed by atoms with Gasteiger partial charge in [-0.05, 0) is 49.9 Å². The monoisotopic (exact) mass is 288 g/mol. The molecule has 0 aromatic carbocycles. The van der Waals surface area contributed by atoms with E-state index in [1.165, 1.54) is 25.7 Å². The molecule has 1 amide bonds. The number of carbonyl (C=O) groups is 1. The molecule has 3 nitrogen and oxygen atoms in total. The Balaban J connectivity index is 0.00000180. The van der Waals surface area contributed by atoms with Crippen LogP contribution >= 0.6 is 12.4 Å². The molecule has 0 radical (unpaired) electrons. The fourth-order valence-electron chi connectivity index (χ4n) is 3.71. The molecule has 0 aromatic rings. The predicted molar refractivity (Wildman–Crippen MR) is 81.3 cm³/mol. The van der Waals surface area contributed by atoms with Gasteiger partial charge in [-0.1, -0.05) is 20.3 Å². The molecule has 2 fully saturated rings. The SMILES string of the molecule is CCC(N)(CC)CNC(=O)CC1CC2CCC1C2.Cl. The first-order valence-corrected chi connectivity index (χ1v) is 7.62. The number of amides is 1. The van der Waals surface area contributed by atoms with Crippen molar-refractivity contribution in [1.82, 2.24) is 5.32 Å². The quantitative estimate of drug-likeness (QED) is 0.790. The molecular weight excluding hydrogens is 260 g/mol. The molecule has 0 spiro atoms. The number of hydrogen-bond acceptors (Lipinski definition) is 2. The van der Waals surface area contributed by atoms with E-state index in [0.717, 1.165) is 31.1 Å². The number of carbonyl (C=O) groups excluding carboxylic acids is 1. The van der Waals surface area contributed by atoms with Gasteiger partial charge in [-0.2, -0.15) is 0 Å². The fraction of sp³-hybridized carbons (Fsp3) is 0.933. The lowest BCUT2D eigenvalue weighted by molar-refractivity contribution is -0.122. The van der Waals surface area contributed by atoms with Gasteiger partial charge in [0, 0.05) is 18.5 Å². The van der Waals surface area contributed by atoms with E-state index >= 15 is 0 Å². The Morgan fingerprint density at radius 3 is 2.42 bits per heavy atom. The predicted octanol–water partition coefficient (Wildman–Crippen LogP) is 2.87. The maximum absolute atomic E-state index is 12.0. The number of nitrogens with one attached hydrogen (secondary N) is 1. The Morgan fingerprint density at radius 1 is 1.26 bits per heavy atom. The van der Waals surface area contributed by atoms with Crippen LogP contribution in [-0.2, 0) is 4.79 Å². The summed E-state index contributed by atoms with van der Waals surface area (Å²) in [6.45, 7) is 4.80. The molecule has 0 aliphatic heterocycles. The van der Waals surface area contributed by atoms with Crippen LogP contribution in [0.15, 0.2) is 0 Å². The molecule has 2 saturated carbocycles. The topological polar surface area (TPSA) is 55.1 Å². The molecule has 3 N–H and O–H groups in total. The van der Waals surface area contributed by atoms with E-state index in [4.69, 9.17) is 5.73 Å². The maximum Gasteiger partial charge on any atom is 0.220 e. The Kier molecular flexibility index (Phi) is 6.13. The van der Waals surface area contributed by atoms with Crippen molar-refractivity contribution >= 4 is 18.3 Å². The average Bonchev–Trinajstić information content (AvgIpc) is 2.98. The van der Waals surface area contributed by atoms with Crippen molar-refractivity contribution in [2.75, 3.05) is 6.54 Å². The molecule has 19 heavy (non-hydrogen) atoms. The molecule has 112 valence electrons. The second-order valence-electron chi connectivity index (χ2n) is 6.49. The van der Waals surface area contributed by atoms with Gasteiger partial charge in [-0.3, -0.25) is 4.79 Å². The molecule has 2 rings (SSSR count). The number of nitrogens with two attached hydrogens (primary N) is 1. The largest absolute Gasteiger partial charge is 0.354 e. The Bertz CT molecular complexity index is 305. The van der Waals surface area contributed by atoms with Crippen LogP contribution in [0.2, 0.25) is 0 Å². The van der Waals surface area contributed by atoms with E-state index in [0.29, 0.717) is 12.5 Å². The van der Waals surface area contributed by atoms with Gasteiger partial charge in [-0.25, -0.2) is 0 Å². The van der Waals surface area contributed by atoms with E-state index in [1.807, 2.05) is 0 Å². The zero-order chi connectivity index (χ0) is 13.2. The highest BCUT2D eigenvalue weighted by Crippen LogP contribution is 2.49. The minimum absolute atomic E-state index is 0. The van der Waals surface area contributed by atoms with Crippen molar-refractivity contribution in [3.8, 4) is 0 Å². The first kappa shape index (κ1) is 16.8. The van der Waals surface area contributed by atoms with Crippen LogP contribution in [0.3, 0.4) is 0 Å². The molecular formula is C15H29ClN2O. The van der Waals surface area contributed by atoms with Gasteiger partial charge in [-0.15, -0.1) is 12.4 Å². The minimum atomic E-state index is -0.218. The van der Waals surface area contributed by atoms with Crippen LogP contribution in [-0.4, -0.2) is 18.0 Å². The second-order valence-corrected chi connectivity index (χ2v) is 6.49. The number of hydrogen-bond donors (Lipinski definition) is 2. The summed E-state index contributed by atoms with van der Waals surface area (Å²) in [7, 11) is 0. The van der Waals surface area contributed by atoms with E-state index < -0.39 is 0 Å². The molecule has 2 bridgehead atoms. The van der Waals surface area contributed by atoms with Gasteiger partial charge >= 0.3 is 0 Å². The van der Waals surface area contributed by atoms with Crippen molar-refractivity contribution in [1.29, 1.82) is 0 Å². The van der Waals surface area contributed by atoms with Crippen LogP contribution in [0, 0.1) is 17.8 Å². The summed E-state index contributed by atoms with van der Waals surface area (Å²) < 4.78 is 0. The first-order chi connectivity index (χ1) is 8.56. The standard InChI is InChI=1S/C15H28N2O.ClH/c1-3-15(16,4-2)10-17-14(18)9-13-8-11-5-6-12(13)7-11;/h11-13H,3-10,16H2,1-2H3,(H,17,18);1H. The fourth-order valence-corrected chi connectivity index (χ4v) is 3.71. The van der Waals surface area contributed by atoms with Crippen molar-refractivity contribution < 1.29 is 4.79 Å². The smallest absolute Gasteiger partial charge is 0.220 e. The van der Waals surface area contributed by atoms with Gasteiger partial charge in [0.25, 0.3) is 0 Å². The van der Waals surface area contributed by atoms with Crippen LogP contribution in [0.5, 0.6) is 0 Å². The Hall–Kier alpha value is -0.280. The molecule has 2 aliphatic carbocycles. The zero-order valence-corrected chi connectivity index (χ0v) is 13.1. The van der Waals surface area contributed by atoms with Crippen molar-refractivity contribution in [2.24, 2.45) is 23.5 Å². The highest BCUT2D eigenvalue weighted by atomic mass is 35.5. The summed E-state index contributed by atoms with van der Waals surface area (Å²) in [5.74, 6) is 2.62. The van der Waals surface area contributed by atoms with Crippen LogP contribution in [0.25, 0.3) is 0 Å². The average molecular weight is 289 g/mol. The highest BCUT2D eigenvalue weighted by Gasteiger charge is 2.40. The zero-order valence-electron chi connectivity index (χ0n) is 12.3. The Labute approximate surface area is 123 Å². The van der Waals surface area contributed by atoms with Crippen molar-refractivity contribution in [3.63, 3.8) is 0 Å². The minimum Gasteiger partial charge on any atom is -0.354 e. The third-order valence-electron chi connectivity index (χ3n) is 5.38. The van der Waals surface area contributed by atoms with Crippen LogP contribution in [0.1, 0.15) is 58.8 Å². The van der Waals surface area contributed by atoms with Gasteiger partial charge in [0.2, 0.25) is 5.91 Å². The van der Waals surface area contributed by atoms with E-state index in [2.05, 4.69) is 19.2 Å². The summed E-state index contributed by atoms with van der Waals surface area (Å²) in [6.07, 6.45) is 7.98. The lowest BCUT2D eigenvalue weighted by Crippen LogP contribution is -2.49. The molecule has 3 unspecified atom stereocenters. The maximum atomic E-state index is 12.0. The summed E-state index contributed by atoms with van der Waals surface area (Å²) in [6, 6.07) is 0. The summed E-state index contributed by atoms with van der Waals surface area (Å²) >= 11 is 0. The lowest BCUT2D eigenvalue weighted by atomic mass is 9.86. The summed E-state index contributed by atoms with van der Waals surface area (Å²) in [5, 5.41) is 3.05. The van der Waals surface area contributed by atoms with Crippen LogP contribution in [0.4, 0.5) is 0 Å².